The van der Waals surface area contributed by atoms with Gasteiger partial charge in [0.1, 0.15) is 11.2 Å². The van der Waals surface area contributed by atoms with Crippen LogP contribution in [0.25, 0.3) is 76.9 Å². The Morgan fingerprint density at radius 1 is 0.436 bits per heavy atom. The Bertz CT molecular complexity index is 2530. The van der Waals surface area contributed by atoms with Crippen molar-refractivity contribution in [1.82, 2.24) is 0 Å². The molecule has 0 aliphatic rings. The Morgan fingerprint density at radius 2 is 1.00 bits per heavy atom. The number of hydrogen-bond donors (Lipinski definition) is 0. The number of fused-ring (bicyclic) bond motifs is 5. The van der Waals surface area contributed by atoms with Crippen molar-refractivity contribution >= 4 is 43.5 Å². The minimum Gasteiger partial charge on any atom is -0.456 e. The summed E-state index contributed by atoms with van der Waals surface area (Å²) in [4.78, 5) is 0. The van der Waals surface area contributed by atoms with Gasteiger partial charge in [-0.15, -0.1) is 0 Å². The van der Waals surface area contributed by atoms with Gasteiger partial charge in [0.05, 0.1) is 11.0 Å². The van der Waals surface area contributed by atoms with E-state index in [1.807, 2.05) is 91.0 Å². The number of rotatable bonds is 3. The third-order valence-corrected chi connectivity index (χ3v) is 7.31. The molecule has 8 aromatic rings. The van der Waals surface area contributed by atoms with E-state index >= 15 is 0 Å². The van der Waals surface area contributed by atoms with Crippen molar-refractivity contribution in [3.05, 3.63) is 145 Å². The van der Waals surface area contributed by atoms with Crippen molar-refractivity contribution in [1.29, 1.82) is 0 Å². The van der Waals surface area contributed by atoms with Gasteiger partial charge in [-0.25, -0.2) is 0 Å². The van der Waals surface area contributed by atoms with E-state index in [9.17, 15) is 5.48 Å². The molecule has 39 heavy (non-hydrogen) atoms. The maximum atomic E-state index is 9.27. The first-order valence-corrected chi connectivity index (χ1v) is 12.7. The van der Waals surface area contributed by atoms with Gasteiger partial charge in [0.25, 0.3) is 0 Å². The van der Waals surface area contributed by atoms with Gasteiger partial charge in [0.15, 0.2) is 0 Å². The number of para-hydroxylation sites is 1. The average molecular weight is 505 g/mol. The van der Waals surface area contributed by atoms with Gasteiger partial charge in [0.2, 0.25) is 0 Å². The molecule has 1 nitrogen and oxygen atoms in total. The molecule has 182 valence electrons. The Hall–Kier alpha value is -5.14. The molecule has 0 saturated heterocycles. The molecule has 0 saturated carbocycles. The lowest BCUT2D eigenvalue weighted by Gasteiger charge is -2.18. The fourth-order valence-corrected chi connectivity index (χ4v) is 5.65. The number of benzene rings is 7. The predicted octanol–water partition coefficient (Wildman–Crippen LogP) is 10.9. The summed E-state index contributed by atoms with van der Waals surface area (Å²) in [7, 11) is 0. The lowest BCUT2D eigenvalue weighted by molar-refractivity contribution is 0.669. The molecule has 0 N–H and O–H groups in total. The van der Waals surface area contributed by atoms with Crippen LogP contribution in [-0.2, 0) is 0 Å². The maximum absolute atomic E-state index is 9.27. The molecule has 0 fully saturated rings. The third kappa shape index (κ3) is 3.41. The van der Waals surface area contributed by atoms with Crippen LogP contribution < -0.4 is 0 Å². The van der Waals surface area contributed by atoms with Crippen LogP contribution in [-0.4, -0.2) is 0 Å². The van der Waals surface area contributed by atoms with Crippen molar-refractivity contribution in [3.8, 4) is 33.4 Å². The highest BCUT2D eigenvalue weighted by molar-refractivity contribution is 6.25. The molecule has 0 aliphatic heterocycles. The van der Waals surface area contributed by atoms with Gasteiger partial charge in [-0.1, -0.05) is 127 Å². The lowest BCUT2D eigenvalue weighted by atomic mass is 9.84. The molecule has 0 unspecified atom stereocenters. The first-order chi connectivity index (χ1) is 22.7. The summed E-state index contributed by atoms with van der Waals surface area (Å²) in [6.45, 7) is 0. The average Bonchev–Trinajstić information content (AvgIpc) is 3.49. The topological polar surface area (TPSA) is 13.1 Å². The fraction of sp³-hybridized carbons (Fsp3) is 0. The number of furan rings is 1. The summed E-state index contributed by atoms with van der Waals surface area (Å²) in [5.74, 6) is 0. The molecule has 7 aromatic carbocycles. The second kappa shape index (κ2) is 8.72. The van der Waals surface area contributed by atoms with E-state index in [0.29, 0.717) is 38.8 Å². The molecule has 0 atom stereocenters. The quantitative estimate of drug-likeness (QED) is 0.218. The van der Waals surface area contributed by atoms with Crippen LogP contribution in [0.1, 0.15) is 11.0 Å². The van der Waals surface area contributed by atoms with Crippen molar-refractivity contribution in [2.24, 2.45) is 0 Å². The smallest absolute Gasteiger partial charge is 0.136 e. The molecule has 1 heterocycles. The monoisotopic (exact) mass is 504 g/mol. The zero-order valence-electron chi connectivity index (χ0n) is 28.6. The molecule has 0 bridgehead atoms. The summed E-state index contributed by atoms with van der Waals surface area (Å²) in [6.07, 6.45) is 0. The van der Waals surface area contributed by atoms with Crippen molar-refractivity contribution in [3.63, 3.8) is 0 Å². The standard InChI is InChI=1S/C38H24O/c1-2-12-25(13-3-1)26-14-10-15-27(24-26)36-28-16-4-6-18-30(28)37(31-19-7-5-17-29(31)36)33-21-11-23-35-38(33)32-20-8-9-22-34(32)39-35/h1-24H/i4D,5D,6D,7D,16D,17D,18D,19D. The van der Waals surface area contributed by atoms with Gasteiger partial charge >= 0.3 is 0 Å². The van der Waals surface area contributed by atoms with E-state index in [2.05, 4.69) is 0 Å². The summed E-state index contributed by atoms with van der Waals surface area (Å²) in [5.41, 5.74) is 4.69. The SMILES string of the molecule is [2H]c1c([2H])c([2H])c2c(-c3cccc4oc5ccccc5c34)c3c([2H])c([2H])c([2H])c([2H])c3c(-c3cccc(-c4ccccc4)c3)c2c1[2H]. The molecular weight excluding hydrogens is 472 g/mol. The van der Waals surface area contributed by atoms with Crippen LogP contribution in [0, 0.1) is 0 Å². The van der Waals surface area contributed by atoms with Gasteiger partial charge in [-0.2, -0.15) is 0 Å². The molecule has 0 radical (unpaired) electrons. The first-order valence-electron chi connectivity index (χ1n) is 16.7. The highest BCUT2D eigenvalue weighted by Gasteiger charge is 2.20. The molecule has 1 aromatic heterocycles. The maximum Gasteiger partial charge on any atom is 0.136 e. The Kier molecular flexibility index (Phi) is 3.42. The largest absolute Gasteiger partial charge is 0.456 e. The van der Waals surface area contributed by atoms with E-state index in [0.717, 1.165) is 16.5 Å². The van der Waals surface area contributed by atoms with Crippen molar-refractivity contribution < 1.29 is 15.4 Å². The minimum atomic E-state index is -0.433. The van der Waals surface area contributed by atoms with E-state index in [4.69, 9.17) is 9.90 Å². The zero-order chi connectivity index (χ0) is 32.7. The molecule has 0 spiro atoms. The lowest BCUT2D eigenvalue weighted by Crippen LogP contribution is -1.91. The summed E-state index contributed by atoms with van der Waals surface area (Å²) < 4.78 is 78.1. The highest BCUT2D eigenvalue weighted by Crippen LogP contribution is 2.47. The van der Waals surface area contributed by atoms with E-state index in [1.165, 1.54) is 0 Å². The third-order valence-electron chi connectivity index (χ3n) is 7.31. The van der Waals surface area contributed by atoms with Gasteiger partial charge in [-0.3, -0.25) is 0 Å². The van der Waals surface area contributed by atoms with Gasteiger partial charge in [-0.05, 0) is 73.1 Å². The normalized spacial score (nSPS) is 14.5. The fourth-order valence-electron chi connectivity index (χ4n) is 5.65. The zero-order valence-corrected chi connectivity index (χ0v) is 20.6. The van der Waals surface area contributed by atoms with E-state index in [-0.39, 0.29) is 45.7 Å². The van der Waals surface area contributed by atoms with E-state index in [1.54, 1.807) is 6.07 Å². The van der Waals surface area contributed by atoms with Crippen LogP contribution in [0.15, 0.2) is 150 Å². The molecule has 1 heteroatoms. The minimum absolute atomic E-state index is 0.173. The Morgan fingerprint density at radius 3 is 1.74 bits per heavy atom. The number of hydrogen-bond acceptors (Lipinski definition) is 1. The highest BCUT2D eigenvalue weighted by atomic mass is 16.3. The van der Waals surface area contributed by atoms with Gasteiger partial charge in [0, 0.05) is 10.8 Å². The Labute approximate surface area is 237 Å². The second-order valence-corrected chi connectivity index (χ2v) is 9.47. The van der Waals surface area contributed by atoms with E-state index < -0.39 is 24.2 Å². The molecule has 8 rings (SSSR count). The summed E-state index contributed by atoms with van der Waals surface area (Å²) >= 11 is 0. The molecular formula is C38H24O. The van der Waals surface area contributed by atoms with Crippen LogP contribution in [0.2, 0.25) is 0 Å². The molecule has 0 amide bonds. The first kappa shape index (κ1) is 15.3. The summed E-state index contributed by atoms with van der Waals surface area (Å²) in [6, 6.07) is 27.2. The van der Waals surface area contributed by atoms with Crippen molar-refractivity contribution in [2.75, 3.05) is 0 Å². The molecule has 0 aliphatic carbocycles. The van der Waals surface area contributed by atoms with Crippen LogP contribution >= 0.6 is 0 Å². The Balaban J connectivity index is 1.67. The van der Waals surface area contributed by atoms with Gasteiger partial charge < -0.3 is 4.42 Å². The van der Waals surface area contributed by atoms with Crippen LogP contribution in [0.3, 0.4) is 0 Å². The van der Waals surface area contributed by atoms with Crippen LogP contribution in [0.4, 0.5) is 0 Å². The predicted molar refractivity (Wildman–Crippen MR) is 165 cm³/mol. The van der Waals surface area contributed by atoms with Crippen molar-refractivity contribution in [2.45, 2.75) is 0 Å². The summed E-state index contributed by atoms with van der Waals surface area (Å²) in [5, 5.41) is 2.17. The van der Waals surface area contributed by atoms with Crippen LogP contribution in [0.5, 0.6) is 0 Å². The second-order valence-electron chi connectivity index (χ2n) is 9.47.